The van der Waals surface area contributed by atoms with Gasteiger partial charge in [0.1, 0.15) is 0 Å². The average Bonchev–Trinajstić information content (AvgIpc) is 3.48. The van der Waals surface area contributed by atoms with Crippen molar-refractivity contribution < 1.29 is 9.53 Å². The third kappa shape index (κ3) is 5.18. The molecule has 1 N–H and O–H groups in total. The number of likely N-dealkylation sites (tertiary alicyclic amines) is 1. The molecule has 1 aromatic heterocycles. The van der Waals surface area contributed by atoms with Crippen LogP contribution in [-0.4, -0.2) is 52.9 Å². The number of carbonyl (C=O) groups is 1. The smallest absolute Gasteiger partial charge is 0.278 e. The standard InChI is InChI=1S/C23H32N4O2/c1-17(2)16-29-21-15-27(20-6-4-3-5-7-20)25-22(21)23(28)26-12-10-19(11-13-26)24-14-18-8-9-18/h3-7,15,17-19,24H,8-14,16H2,1-2H3. The molecule has 1 saturated heterocycles. The first-order valence-electron chi connectivity index (χ1n) is 10.9. The van der Waals surface area contributed by atoms with Crippen molar-refractivity contribution in [1.29, 1.82) is 0 Å². The number of amides is 1. The zero-order valence-electron chi connectivity index (χ0n) is 17.5. The van der Waals surface area contributed by atoms with E-state index in [1.807, 2.05) is 41.4 Å². The first-order valence-corrected chi connectivity index (χ1v) is 10.9. The van der Waals surface area contributed by atoms with Crippen LogP contribution in [0.4, 0.5) is 0 Å². The van der Waals surface area contributed by atoms with Gasteiger partial charge in [-0.2, -0.15) is 5.10 Å². The Morgan fingerprint density at radius 1 is 1.17 bits per heavy atom. The lowest BCUT2D eigenvalue weighted by Crippen LogP contribution is -2.45. The van der Waals surface area contributed by atoms with E-state index >= 15 is 0 Å². The summed E-state index contributed by atoms with van der Waals surface area (Å²) in [5, 5.41) is 8.28. The zero-order valence-corrected chi connectivity index (χ0v) is 17.5. The van der Waals surface area contributed by atoms with Gasteiger partial charge in [-0.3, -0.25) is 4.79 Å². The third-order valence-corrected chi connectivity index (χ3v) is 5.65. The van der Waals surface area contributed by atoms with Crippen molar-refractivity contribution in [1.82, 2.24) is 20.0 Å². The van der Waals surface area contributed by atoms with E-state index in [1.165, 1.54) is 12.8 Å². The Labute approximate surface area is 173 Å². The molecule has 29 heavy (non-hydrogen) atoms. The number of piperidine rings is 1. The minimum absolute atomic E-state index is 0.0286. The van der Waals surface area contributed by atoms with Gasteiger partial charge >= 0.3 is 0 Å². The molecule has 0 atom stereocenters. The quantitative estimate of drug-likeness (QED) is 0.742. The van der Waals surface area contributed by atoms with Gasteiger partial charge in [-0.1, -0.05) is 32.0 Å². The molecule has 1 aromatic carbocycles. The Balaban J connectivity index is 1.45. The molecule has 1 saturated carbocycles. The summed E-state index contributed by atoms with van der Waals surface area (Å²) < 4.78 is 7.71. The fraction of sp³-hybridized carbons (Fsp3) is 0.565. The average molecular weight is 397 g/mol. The van der Waals surface area contributed by atoms with Crippen molar-refractivity contribution in [3.05, 3.63) is 42.2 Å². The highest BCUT2D eigenvalue weighted by molar-refractivity contribution is 5.95. The molecule has 2 aliphatic rings. The summed E-state index contributed by atoms with van der Waals surface area (Å²) in [4.78, 5) is 15.2. The van der Waals surface area contributed by atoms with Crippen molar-refractivity contribution in [2.75, 3.05) is 26.2 Å². The number of hydrogen-bond acceptors (Lipinski definition) is 4. The Morgan fingerprint density at radius 2 is 1.90 bits per heavy atom. The second-order valence-electron chi connectivity index (χ2n) is 8.75. The van der Waals surface area contributed by atoms with Crippen LogP contribution in [0.5, 0.6) is 5.75 Å². The lowest BCUT2D eigenvalue weighted by atomic mass is 10.0. The molecular weight excluding hydrogens is 364 g/mol. The fourth-order valence-corrected chi connectivity index (χ4v) is 3.67. The van der Waals surface area contributed by atoms with E-state index in [4.69, 9.17) is 4.74 Å². The van der Waals surface area contributed by atoms with Gasteiger partial charge < -0.3 is 15.0 Å². The van der Waals surface area contributed by atoms with E-state index in [0.29, 0.717) is 30.0 Å². The summed E-state index contributed by atoms with van der Waals surface area (Å²) in [6, 6.07) is 10.4. The van der Waals surface area contributed by atoms with Crippen LogP contribution in [-0.2, 0) is 0 Å². The SMILES string of the molecule is CC(C)COc1cn(-c2ccccc2)nc1C(=O)N1CCC(NCC2CC2)CC1. The molecule has 6 nitrogen and oxygen atoms in total. The molecular formula is C23H32N4O2. The van der Waals surface area contributed by atoms with Crippen molar-refractivity contribution in [2.45, 2.75) is 45.6 Å². The van der Waals surface area contributed by atoms with E-state index in [0.717, 1.165) is 44.1 Å². The third-order valence-electron chi connectivity index (χ3n) is 5.65. The Kier molecular flexibility index (Phi) is 6.19. The summed E-state index contributed by atoms with van der Waals surface area (Å²) in [5.41, 5.74) is 1.34. The summed E-state index contributed by atoms with van der Waals surface area (Å²) in [7, 11) is 0. The predicted molar refractivity (Wildman–Crippen MR) is 114 cm³/mol. The monoisotopic (exact) mass is 396 g/mol. The van der Waals surface area contributed by atoms with Crippen LogP contribution in [0.3, 0.4) is 0 Å². The van der Waals surface area contributed by atoms with E-state index in [9.17, 15) is 4.79 Å². The Morgan fingerprint density at radius 3 is 2.55 bits per heavy atom. The molecule has 2 fully saturated rings. The first-order chi connectivity index (χ1) is 14.1. The van der Waals surface area contributed by atoms with Crippen molar-refractivity contribution >= 4 is 5.91 Å². The minimum Gasteiger partial charge on any atom is -0.489 e. The second kappa shape index (κ2) is 8.99. The molecule has 2 heterocycles. The highest BCUT2D eigenvalue weighted by Gasteiger charge is 2.29. The number of hydrogen-bond donors (Lipinski definition) is 1. The molecule has 4 rings (SSSR count). The molecule has 2 aromatic rings. The maximum Gasteiger partial charge on any atom is 0.278 e. The number of ether oxygens (including phenoxy) is 1. The van der Waals surface area contributed by atoms with Crippen LogP contribution < -0.4 is 10.1 Å². The highest BCUT2D eigenvalue weighted by Crippen LogP contribution is 2.28. The summed E-state index contributed by atoms with van der Waals surface area (Å²) in [5.74, 6) is 1.81. The van der Waals surface area contributed by atoms with E-state index < -0.39 is 0 Å². The Bertz CT molecular complexity index is 806. The van der Waals surface area contributed by atoms with Gasteiger partial charge in [-0.15, -0.1) is 0 Å². The van der Waals surface area contributed by atoms with Crippen LogP contribution in [0.2, 0.25) is 0 Å². The van der Waals surface area contributed by atoms with Gasteiger partial charge in [0.25, 0.3) is 5.91 Å². The predicted octanol–water partition coefficient (Wildman–Crippen LogP) is 3.51. The molecule has 0 spiro atoms. The van der Waals surface area contributed by atoms with Crippen LogP contribution in [0, 0.1) is 11.8 Å². The normalized spacial score (nSPS) is 17.7. The van der Waals surface area contributed by atoms with Crippen molar-refractivity contribution in [2.24, 2.45) is 11.8 Å². The Hall–Kier alpha value is -2.34. The summed E-state index contributed by atoms with van der Waals surface area (Å²) in [6.07, 6.45) is 6.57. The molecule has 1 aliphatic carbocycles. The maximum atomic E-state index is 13.2. The number of aromatic nitrogens is 2. The topological polar surface area (TPSA) is 59.4 Å². The molecule has 156 valence electrons. The minimum atomic E-state index is -0.0286. The number of benzene rings is 1. The van der Waals surface area contributed by atoms with Crippen LogP contribution >= 0.6 is 0 Å². The summed E-state index contributed by atoms with van der Waals surface area (Å²) in [6.45, 7) is 7.43. The summed E-state index contributed by atoms with van der Waals surface area (Å²) >= 11 is 0. The second-order valence-corrected chi connectivity index (χ2v) is 8.75. The number of nitrogens with one attached hydrogen (secondary N) is 1. The van der Waals surface area contributed by atoms with E-state index in [-0.39, 0.29) is 5.91 Å². The van der Waals surface area contributed by atoms with Gasteiger partial charge in [-0.25, -0.2) is 4.68 Å². The number of nitrogens with zero attached hydrogens (tertiary/aromatic N) is 3. The molecule has 0 unspecified atom stereocenters. The number of para-hydroxylation sites is 1. The van der Waals surface area contributed by atoms with Crippen LogP contribution in [0.15, 0.2) is 36.5 Å². The molecule has 6 heteroatoms. The fourth-order valence-electron chi connectivity index (χ4n) is 3.67. The molecule has 1 amide bonds. The lowest BCUT2D eigenvalue weighted by molar-refractivity contribution is 0.0693. The number of rotatable bonds is 8. The van der Waals surface area contributed by atoms with Crippen LogP contribution in [0.1, 0.15) is 50.0 Å². The maximum absolute atomic E-state index is 13.2. The first kappa shape index (κ1) is 20.0. The van der Waals surface area contributed by atoms with Gasteiger partial charge in [0.2, 0.25) is 0 Å². The zero-order chi connectivity index (χ0) is 20.2. The largest absolute Gasteiger partial charge is 0.489 e. The van der Waals surface area contributed by atoms with E-state index in [2.05, 4.69) is 24.3 Å². The van der Waals surface area contributed by atoms with Gasteiger partial charge in [0.05, 0.1) is 18.5 Å². The molecule has 1 aliphatic heterocycles. The molecule has 0 radical (unpaired) electrons. The van der Waals surface area contributed by atoms with Crippen LogP contribution in [0.25, 0.3) is 5.69 Å². The molecule has 0 bridgehead atoms. The van der Waals surface area contributed by atoms with Gasteiger partial charge in [-0.05, 0) is 56.2 Å². The van der Waals surface area contributed by atoms with Gasteiger partial charge in [0, 0.05) is 19.1 Å². The van der Waals surface area contributed by atoms with Crippen molar-refractivity contribution in [3.8, 4) is 11.4 Å². The lowest BCUT2D eigenvalue weighted by Gasteiger charge is -2.32. The highest BCUT2D eigenvalue weighted by atomic mass is 16.5. The van der Waals surface area contributed by atoms with Gasteiger partial charge in [0.15, 0.2) is 11.4 Å². The van der Waals surface area contributed by atoms with Crippen molar-refractivity contribution in [3.63, 3.8) is 0 Å². The van der Waals surface area contributed by atoms with E-state index in [1.54, 1.807) is 4.68 Å². The number of carbonyl (C=O) groups excluding carboxylic acids is 1.